The molecule has 4 nitrogen and oxygen atoms in total. The molecule has 3 rings (SSSR count). The van der Waals surface area contributed by atoms with Crippen LogP contribution in [-0.4, -0.2) is 47.8 Å². The van der Waals surface area contributed by atoms with Gasteiger partial charge in [0.15, 0.2) is 0 Å². The number of piperidine rings is 1. The second-order valence-electron chi connectivity index (χ2n) is 7.36. The first-order valence-corrected chi connectivity index (χ1v) is 9.81. The monoisotopic (exact) mass is 342 g/mol. The van der Waals surface area contributed by atoms with Crippen molar-refractivity contribution in [2.45, 2.75) is 51.9 Å². The van der Waals surface area contributed by atoms with E-state index in [2.05, 4.69) is 31.2 Å². The quantitative estimate of drug-likeness (QED) is 0.825. The van der Waals surface area contributed by atoms with Gasteiger partial charge in [0.25, 0.3) is 0 Å². The molecule has 2 fully saturated rings. The Hall–Kier alpha value is -1.84. The van der Waals surface area contributed by atoms with Crippen LogP contribution in [0.5, 0.6) is 0 Å². The van der Waals surface area contributed by atoms with Crippen LogP contribution < -0.4 is 0 Å². The van der Waals surface area contributed by atoms with E-state index in [1.807, 2.05) is 9.80 Å². The van der Waals surface area contributed by atoms with Crippen LogP contribution in [0.15, 0.2) is 24.3 Å². The van der Waals surface area contributed by atoms with Gasteiger partial charge in [-0.05, 0) is 49.7 Å². The molecular formula is C21H30N2O2. The minimum Gasteiger partial charge on any atom is -0.343 e. The van der Waals surface area contributed by atoms with E-state index in [-0.39, 0.29) is 11.8 Å². The average Bonchev–Trinajstić information content (AvgIpc) is 3.21. The van der Waals surface area contributed by atoms with Gasteiger partial charge in [0.2, 0.25) is 11.8 Å². The summed E-state index contributed by atoms with van der Waals surface area (Å²) in [4.78, 5) is 28.9. The van der Waals surface area contributed by atoms with Gasteiger partial charge in [-0.3, -0.25) is 9.59 Å². The summed E-state index contributed by atoms with van der Waals surface area (Å²) in [7, 11) is 0. The number of hydrogen-bond acceptors (Lipinski definition) is 2. The average molecular weight is 342 g/mol. The van der Waals surface area contributed by atoms with Gasteiger partial charge in [-0.25, -0.2) is 0 Å². The third-order valence-corrected chi connectivity index (χ3v) is 5.67. The normalized spacial score (nSPS) is 18.6. The fourth-order valence-electron chi connectivity index (χ4n) is 3.92. The number of carbonyl (C=O) groups excluding carboxylic acids is 2. The van der Waals surface area contributed by atoms with E-state index in [0.717, 1.165) is 64.7 Å². The SMILES string of the molecule is CCc1ccc(CCC(=O)N2CCC(C(=O)N3CCCC3)CC2)cc1. The molecule has 0 N–H and O–H groups in total. The van der Waals surface area contributed by atoms with Crippen LogP contribution in [0.3, 0.4) is 0 Å². The van der Waals surface area contributed by atoms with Gasteiger partial charge in [0.05, 0.1) is 0 Å². The van der Waals surface area contributed by atoms with Crippen molar-refractivity contribution >= 4 is 11.8 Å². The second-order valence-corrected chi connectivity index (χ2v) is 7.36. The van der Waals surface area contributed by atoms with Gasteiger partial charge in [0, 0.05) is 38.5 Å². The minimum atomic E-state index is 0.128. The molecule has 0 atom stereocenters. The highest BCUT2D eigenvalue weighted by Crippen LogP contribution is 2.22. The van der Waals surface area contributed by atoms with Gasteiger partial charge in [-0.1, -0.05) is 31.2 Å². The Labute approximate surface area is 151 Å². The lowest BCUT2D eigenvalue weighted by Gasteiger charge is -2.33. The molecule has 1 aromatic carbocycles. The number of aryl methyl sites for hydroxylation is 2. The summed E-state index contributed by atoms with van der Waals surface area (Å²) in [6.45, 7) is 5.47. The van der Waals surface area contributed by atoms with Crippen LogP contribution in [0.2, 0.25) is 0 Å². The predicted octanol–water partition coefficient (Wildman–Crippen LogP) is 3.04. The molecule has 0 aliphatic carbocycles. The molecule has 2 heterocycles. The van der Waals surface area contributed by atoms with Crippen LogP contribution in [0, 0.1) is 5.92 Å². The molecule has 2 aliphatic heterocycles. The molecule has 0 radical (unpaired) electrons. The van der Waals surface area contributed by atoms with Crippen molar-refractivity contribution in [1.82, 2.24) is 9.80 Å². The maximum absolute atomic E-state index is 12.5. The molecule has 2 saturated heterocycles. The first-order chi connectivity index (χ1) is 12.2. The standard InChI is InChI=1S/C21H30N2O2/c1-2-17-5-7-18(8-6-17)9-10-20(24)22-15-11-19(12-16-22)21(25)23-13-3-4-14-23/h5-8,19H,2-4,9-16H2,1H3. The smallest absolute Gasteiger partial charge is 0.225 e. The van der Waals surface area contributed by atoms with E-state index in [4.69, 9.17) is 0 Å². The molecule has 0 saturated carbocycles. The highest BCUT2D eigenvalue weighted by molar-refractivity contribution is 5.80. The highest BCUT2D eigenvalue weighted by atomic mass is 16.2. The van der Waals surface area contributed by atoms with Crippen LogP contribution in [0.1, 0.15) is 50.2 Å². The van der Waals surface area contributed by atoms with E-state index in [0.29, 0.717) is 12.3 Å². The van der Waals surface area contributed by atoms with Crippen molar-refractivity contribution in [3.63, 3.8) is 0 Å². The third kappa shape index (κ3) is 4.62. The molecule has 2 aliphatic rings. The Kier molecular flexibility index (Phi) is 6.11. The van der Waals surface area contributed by atoms with Crippen molar-refractivity contribution in [1.29, 1.82) is 0 Å². The van der Waals surface area contributed by atoms with Crippen LogP contribution in [-0.2, 0) is 22.4 Å². The summed E-state index contributed by atoms with van der Waals surface area (Å²) in [6, 6.07) is 8.56. The summed E-state index contributed by atoms with van der Waals surface area (Å²) < 4.78 is 0. The fraction of sp³-hybridized carbons (Fsp3) is 0.619. The molecule has 136 valence electrons. The molecule has 25 heavy (non-hydrogen) atoms. The number of likely N-dealkylation sites (tertiary alicyclic amines) is 2. The Morgan fingerprint density at radius 3 is 2.12 bits per heavy atom. The Bertz CT molecular complexity index is 582. The molecule has 0 aromatic heterocycles. The largest absolute Gasteiger partial charge is 0.343 e. The highest BCUT2D eigenvalue weighted by Gasteiger charge is 2.30. The number of hydrogen-bond donors (Lipinski definition) is 0. The number of amides is 2. The van der Waals surface area contributed by atoms with Crippen molar-refractivity contribution in [3.05, 3.63) is 35.4 Å². The van der Waals surface area contributed by atoms with Crippen molar-refractivity contribution in [2.75, 3.05) is 26.2 Å². The van der Waals surface area contributed by atoms with Crippen molar-refractivity contribution < 1.29 is 9.59 Å². The topological polar surface area (TPSA) is 40.6 Å². The maximum atomic E-state index is 12.5. The zero-order valence-corrected chi connectivity index (χ0v) is 15.4. The Morgan fingerprint density at radius 2 is 1.52 bits per heavy atom. The summed E-state index contributed by atoms with van der Waals surface area (Å²) >= 11 is 0. The van der Waals surface area contributed by atoms with Gasteiger partial charge >= 0.3 is 0 Å². The van der Waals surface area contributed by atoms with Crippen molar-refractivity contribution in [2.24, 2.45) is 5.92 Å². The van der Waals surface area contributed by atoms with Crippen LogP contribution in [0.25, 0.3) is 0 Å². The van der Waals surface area contributed by atoms with E-state index >= 15 is 0 Å². The van der Waals surface area contributed by atoms with Gasteiger partial charge in [0.1, 0.15) is 0 Å². The molecular weight excluding hydrogens is 312 g/mol. The Balaban J connectivity index is 1.42. The summed E-state index contributed by atoms with van der Waals surface area (Å²) in [5.74, 6) is 0.677. The van der Waals surface area contributed by atoms with E-state index in [9.17, 15) is 9.59 Å². The van der Waals surface area contributed by atoms with E-state index in [1.165, 1.54) is 11.1 Å². The van der Waals surface area contributed by atoms with E-state index in [1.54, 1.807) is 0 Å². The third-order valence-electron chi connectivity index (χ3n) is 5.67. The maximum Gasteiger partial charge on any atom is 0.225 e. The minimum absolute atomic E-state index is 0.128. The zero-order valence-electron chi connectivity index (χ0n) is 15.4. The predicted molar refractivity (Wildman–Crippen MR) is 99.3 cm³/mol. The first kappa shape index (κ1) is 18.0. The molecule has 4 heteroatoms. The van der Waals surface area contributed by atoms with Crippen LogP contribution in [0.4, 0.5) is 0 Å². The summed E-state index contributed by atoms with van der Waals surface area (Å²) in [5, 5.41) is 0. The molecule has 0 unspecified atom stereocenters. The van der Waals surface area contributed by atoms with Gasteiger partial charge < -0.3 is 9.80 Å². The number of benzene rings is 1. The molecule has 0 bridgehead atoms. The van der Waals surface area contributed by atoms with E-state index < -0.39 is 0 Å². The number of rotatable bonds is 5. The summed E-state index contributed by atoms with van der Waals surface area (Å²) in [6.07, 6.45) is 6.35. The number of nitrogens with zero attached hydrogens (tertiary/aromatic N) is 2. The first-order valence-electron chi connectivity index (χ1n) is 9.81. The lowest BCUT2D eigenvalue weighted by molar-refractivity contribution is -0.140. The zero-order chi connectivity index (χ0) is 17.6. The lowest BCUT2D eigenvalue weighted by atomic mass is 9.95. The fourth-order valence-corrected chi connectivity index (χ4v) is 3.92. The Morgan fingerprint density at radius 1 is 0.920 bits per heavy atom. The number of carbonyl (C=O) groups is 2. The lowest BCUT2D eigenvalue weighted by Crippen LogP contribution is -2.43. The summed E-state index contributed by atoms with van der Waals surface area (Å²) in [5.41, 5.74) is 2.56. The van der Waals surface area contributed by atoms with Crippen molar-refractivity contribution in [3.8, 4) is 0 Å². The van der Waals surface area contributed by atoms with Crippen LogP contribution >= 0.6 is 0 Å². The molecule has 1 aromatic rings. The molecule has 2 amide bonds. The molecule has 0 spiro atoms. The second kappa shape index (κ2) is 8.50. The van der Waals surface area contributed by atoms with Gasteiger partial charge in [-0.2, -0.15) is 0 Å². The van der Waals surface area contributed by atoms with Gasteiger partial charge in [-0.15, -0.1) is 0 Å².